The number of rotatable bonds is 3. The van der Waals surface area contributed by atoms with Gasteiger partial charge in [0.05, 0.1) is 12.9 Å². The molecule has 1 fully saturated rings. The molecular formula is C8H17NO3S. The van der Waals surface area contributed by atoms with Gasteiger partial charge in [-0.15, -0.1) is 0 Å². The molecule has 2 N–H and O–H groups in total. The fourth-order valence-electron chi connectivity index (χ4n) is 1.62. The molecule has 0 saturated heterocycles. The van der Waals surface area contributed by atoms with E-state index >= 15 is 0 Å². The van der Waals surface area contributed by atoms with Gasteiger partial charge in [0, 0.05) is 5.54 Å². The molecule has 1 rings (SSSR count). The summed E-state index contributed by atoms with van der Waals surface area (Å²) in [6.45, 7) is 0.131. The Bertz CT molecular complexity index is 255. The molecule has 0 aromatic heterocycles. The second-order valence-electron chi connectivity index (χ2n) is 3.89. The lowest BCUT2D eigenvalue weighted by Crippen LogP contribution is -2.46. The summed E-state index contributed by atoms with van der Waals surface area (Å²) >= 11 is 0. The summed E-state index contributed by atoms with van der Waals surface area (Å²) in [6.07, 6.45) is 6.12. The van der Waals surface area contributed by atoms with Crippen LogP contribution in [0.4, 0.5) is 0 Å². The van der Waals surface area contributed by atoms with Crippen molar-refractivity contribution in [3.05, 3.63) is 0 Å². The number of hydrogen-bond donors (Lipinski definition) is 1. The summed E-state index contributed by atoms with van der Waals surface area (Å²) in [5, 5.41) is 0. The Morgan fingerprint density at radius 3 is 2.31 bits per heavy atom. The topological polar surface area (TPSA) is 69.4 Å². The third kappa shape index (κ3) is 4.06. The molecule has 4 nitrogen and oxygen atoms in total. The van der Waals surface area contributed by atoms with E-state index in [1.165, 1.54) is 6.42 Å². The van der Waals surface area contributed by atoms with Crippen LogP contribution in [0.5, 0.6) is 0 Å². The average molecular weight is 207 g/mol. The van der Waals surface area contributed by atoms with Crippen molar-refractivity contribution < 1.29 is 12.6 Å². The van der Waals surface area contributed by atoms with Crippen LogP contribution in [0, 0.1) is 0 Å². The quantitative estimate of drug-likeness (QED) is 0.689. The molecule has 1 aliphatic rings. The molecule has 0 atom stereocenters. The molecule has 13 heavy (non-hydrogen) atoms. The van der Waals surface area contributed by atoms with Gasteiger partial charge in [-0.1, -0.05) is 19.3 Å². The summed E-state index contributed by atoms with van der Waals surface area (Å²) in [6, 6.07) is 0. The summed E-state index contributed by atoms with van der Waals surface area (Å²) in [7, 11) is -3.34. The van der Waals surface area contributed by atoms with Crippen LogP contribution in [0.15, 0.2) is 0 Å². The fraction of sp³-hybridized carbons (Fsp3) is 1.00. The van der Waals surface area contributed by atoms with Crippen LogP contribution in [0.25, 0.3) is 0 Å². The molecule has 0 aromatic rings. The molecule has 0 spiro atoms. The summed E-state index contributed by atoms with van der Waals surface area (Å²) in [5.41, 5.74) is 5.56. The Morgan fingerprint density at radius 1 is 1.31 bits per heavy atom. The van der Waals surface area contributed by atoms with Gasteiger partial charge in [0.25, 0.3) is 10.1 Å². The van der Waals surface area contributed by atoms with Gasteiger partial charge in [-0.3, -0.25) is 4.18 Å². The third-order valence-electron chi connectivity index (χ3n) is 2.41. The van der Waals surface area contributed by atoms with E-state index in [2.05, 4.69) is 0 Å². The molecule has 5 heteroatoms. The Hall–Kier alpha value is -0.130. The molecule has 0 unspecified atom stereocenters. The Balaban J connectivity index is 2.42. The second kappa shape index (κ2) is 3.94. The van der Waals surface area contributed by atoms with Crippen LogP contribution < -0.4 is 5.73 Å². The lowest BCUT2D eigenvalue weighted by molar-refractivity contribution is 0.179. The highest BCUT2D eigenvalue weighted by Crippen LogP contribution is 2.26. The highest BCUT2D eigenvalue weighted by Gasteiger charge is 2.28. The zero-order valence-corrected chi connectivity index (χ0v) is 8.77. The maximum atomic E-state index is 10.7. The van der Waals surface area contributed by atoms with Gasteiger partial charge < -0.3 is 5.73 Å². The van der Waals surface area contributed by atoms with Crippen LogP contribution in [-0.4, -0.2) is 26.8 Å². The van der Waals surface area contributed by atoms with Gasteiger partial charge in [0.2, 0.25) is 0 Å². The predicted molar refractivity (Wildman–Crippen MR) is 50.8 cm³/mol. The molecule has 78 valence electrons. The molecular weight excluding hydrogens is 190 g/mol. The standard InChI is InChI=1S/C8H17NO3S/c1-13(10,11)12-7-8(9)5-3-2-4-6-8/h2-7,9H2,1H3. The first-order chi connectivity index (χ1) is 5.91. The number of hydrogen-bond acceptors (Lipinski definition) is 4. The summed E-state index contributed by atoms with van der Waals surface area (Å²) in [4.78, 5) is 0. The largest absolute Gasteiger partial charge is 0.323 e. The molecule has 0 aliphatic heterocycles. The van der Waals surface area contributed by atoms with Gasteiger partial charge in [-0.2, -0.15) is 8.42 Å². The normalized spacial score (nSPS) is 22.9. The smallest absolute Gasteiger partial charge is 0.264 e. The van der Waals surface area contributed by atoms with Crippen LogP contribution in [0.3, 0.4) is 0 Å². The van der Waals surface area contributed by atoms with E-state index in [1.807, 2.05) is 0 Å². The molecule has 0 bridgehead atoms. The molecule has 1 saturated carbocycles. The Morgan fingerprint density at radius 2 is 1.85 bits per heavy atom. The van der Waals surface area contributed by atoms with Gasteiger partial charge >= 0.3 is 0 Å². The van der Waals surface area contributed by atoms with E-state index in [1.54, 1.807) is 0 Å². The van der Waals surface area contributed by atoms with Crippen molar-refractivity contribution in [1.29, 1.82) is 0 Å². The van der Waals surface area contributed by atoms with Gasteiger partial charge in [0.1, 0.15) is 0 Å². The first-order valence-electron chi connectivity index (χ1n) is 4.55. The maximum Gasteiger partial charge on any atom is 0.264 e. The minimum Gasteiger partial charge on any atom is -0.323 e. The fourth-order valence-corrected chi connectivity index (χ4v) is 2.07. The van der Waals surface area contributed by atoms with E-state index in [-0.39, 0.29) is 6.61 Å². The van der Waals surface area contributed by atoms with E-state index in [9.17, 15) is 8.42 Å². The highest BCUT2D eigenvalue weighted by atomic mass is 32.2. The Kier molecular flexibility index (Phi) is 3.32. The van der Waals surface area contributed by atoms with Crippen molar-refractivity contribution in [2.75, 3.05) is 12.9 Å². The van der Waals surface area contributed by atoms with E-state index < -0.39 is 15.7 Å². The van der Waals surface area contributed by atoms with Crippen molar-refractivity contribution in [3.8, 4) is 0 Å². The van der Waals surface area contributed by atoms with Crippen LogP contribution in [0.1, 0.15) is 32.1 Å². The van der Waals surface area contributed by atoms with Gasteiger partial charge in [-0.05, 0) is 12.8 Å². The van der Waals surface area contributed by atoms with Crippen LogP contribution in [0.2, 0.25) is 0 Å². The molecule has 0 radical (unpaired) electrons. The van der Waals surface area contributed by atoms with Crippen LogP contribution >= 0.6 is 0 Å². The Labute approximate surface area is 79.6 Å². The van der Waals surface area contributed by atoms with Crippen molar-refractivity contribution in [1.82, 2.24) is 0 Å². The van der Waals surface area contributed by atoms with Crippen LogP contribution in [-0.2, 0) is 14.3 Å². The van der Waals surface area contributed by atoms with E-state index in [0.29, 0.717) is 0 Å². The van der Waals surface area contributed by atoms with Crippen molar-refractivity contribution in [3.63, 3.8) is 0 Å². The maximum absolute atomic E-state index is 10.7. The van der Waals surface area contributed by atoms with Gasteiger partial charge in [0.15, 0.2) is 0 Å². The highest BCUT2D eigenvalue weighted by molar-refractivity contribution is 7.85. The van der Waals surface area contributed by atoms with Crippen molar-refractivity contribution >= 4 is 10.1 Å². The molecule has 0 aromatic carbocycles. The monoisotopic (exact) mass is 207 g/mol. The van der Waals surface area contributed by atoms with E-state index in [4.69, 9.17) is 9.92 Å². The SMILES string of the molecule is CS(=O)(=O)OCC1(N)CCCCC1. The lowest BCUT2D eigenvalue weighted by Gasteiger charge is -2.32. The van der Waals surface area contributed by atoms with E-state index in [0.717, 1.165) is 31.9 Å². The zero-order chi connectivity index (χ0) is 9.95. The van der Waals surface area contributed by atoms with Gasteiger partial charge in [-0.25, -0.2) is 0 Å². The summed E-state index contributed by atoms with van der Waals surface area (Å²) in [5.74, 6) is 0. The zero-order valence-electron chi connectivity index (χ0n) is 7.95. The minimum absolute atomic E-state index is 0.131. The second-order valence-corrected chi connectivity index (χ2v) is 5.53. The van der Waals surface area contributed by atoms with Crippen molar-refractivity contribution in [2.45, 2.75) is 37.6 Å². The molecule has 1 aliphatic carbocycles. The van der Waals surface area contributed by atoms with Crippen molar-refractivity contribution in [2.24, 2.45) is 5.73 Å². The number of nitrogens with two attached hydrogens (primary N) is 1. The molecule has 0 amide bonds. The minimum atomic E-state index is -3.34. The lowest BCUT2D eigenvalue weighted by atomic mass is 9.83. The first kappa shape index (κ1) is 10.9. The molecule has 0 heterocycles. The third-order valence-corrected chi connectivity index (χ3v) is 2.96. The predicted octanol–water partition coefficient (Wildman–Crippen LogP) is 0.624. The first-order valence-corrected chi connectivity index (χ1v) is 6.36. The summed E-state index contributed by atoms with van der Waals surface area (Å²) < 4.78 is 26.2. The average Bonchev–Trinajstić information content (AvgIpc) is 2.02.